The lowest BCUT2D eigenvalue weighted by molar-refractivity contribution is -0.153. The number of urea groups is 1. The van der Waals surface area contributed by atoms with E-state index in [1.54, 1.807) is 51.1 Å². The van der Waals surface area contributed by atoms with Gasteiger partial charge in [-0.15, -0.1) is 0 Å². The molecule has 0 aromatic heterocycles. The van der Waals surface area contributed by atoms with Crippen LogP contribution < -0.4 is 20.3 Å². The molecular weight excluding hydrogens is 398 g/mol. The van der Waals surface area contributed by atoms with E-state index in [4.69, 9.17) is 9.47 Å². The highest BCUT2D eigenvalue weighted by atomic mass is 16.6. The zero-order valence-corrected chi connectivity index (χ0v) is 18.5. The lowest BCUT2D eigenvalue weighted by Crippen LogP contribution is -2.45. The molecule has 0 aliphatic heterocycles. The topological polar surface area (TPSA) is 97.0 Å². The maximum absolute atomic E-state index is 12.9. The molecule has 3 amide bonds. The van der Waals surface area contributed by atoms with E-state index >= 15 is 0 Å². The van der Waals surface area contributed by atoms with E-state index in [9.17, 15) is 14.4 Å². The summed E-state index contributed by atoms with van der Waals surface area (Å²) in [5.41, 5.74) is 1.31. The number of benzene rings is 2. The lowest BCUT2D eigenvalue weighted by atomic mass is 10.2. The van der Waals surface area contributed by atoms with Crippen LogP contribution in [0.2, 0.25) is 0 Å². The number of carbonyl (C=O) groups is 3. The highest BCUT2D eigenvalue weighted by molar-refractivity contribution is 6.02. The van der Waals surface area contributed by atoms with Gasteiger partial charge in [0.2, 0.25) is 5.91 Å². The Morgan fingerprint density at radius 3 is 2.39 bits per heavy atom. The summed E-state index contributed by atoms with van der Waals surface area (Å²) in [7, 11) is 1.47. The van der Waals surface area contributed by atoms with E-state index in [2.05, 4.69) is 10.6 Å². The molecule has 166 valence electrons. The SMILES string of the molecule is COc1ccccc1N(CC(=O)OC(C)(C)C)C(=O)CNC(=O)Nc1cccc(C)c1. The van der Waals surface area contributed by atoms with Crippen molar-refractivity contribution >= 4 is 29.3 Å². The number of anilines is 2. The summed E-state index contributed by atoms with van der Waals surface area (Å²) in [4.78, 5) is 38.8. The molecule has 0 aliphatic rings. The first kappa shape index (κ1) is 23.7. The van der Waals surface area contributed by atoms with E-state index in [1.807, 2.05) is 25.1 Å². The number of carbonyl (C=O) groups excluding carboxylic acids is 3. The number of esters is 1. The monoisotopic (exact) mass is 427 g/mol. The molecule has 0 unspecified atom stereocenters. The fraction of sp³-hybridized carbons (Fsp3) is 0.348. The summed E-state index contributed by atoms with van der Waals surface area (Å²) >= 11 is 0. The van der Waals surface area contributed by atoms with Gasteiger partial charge in [0.25, 0.3) is 0 Å². The molecule has 0 atom stereocenters. The van der Waals surface area contributed by atoms with Gasteiger partial charge in [-0.1, -0.05) is 24.3 Å². The third kappa shape index (κ3) is 7.65. The van der Waals surface area contributed by atoms with Crippen molar-refractivity contribution in [2.24, 2.45) is 0 Å². The van der Waals surface area contributed by atoms with Crippen LogP contribution in [0.5, 0.6) is 5.75 Å². The average Bonchev–Trinajstić information content (AvgIpc) is 2.69. The molecule has 2 rings (SSSR count). The van der Waals surface area contributed by atoms with Crippen molar-refractivity contribution in [2.75, 3.05) is 30.4 Å². The fourth-order valence-corrected chi connectivity index (χ4v) is 2.81. The largest absolute Gasteiger partial charge is 0.495 e. The van der Waals surface area contributed by atoms with Gasteiger partial charge in [-0.05, 0) is 57.5 Å². The van der Waals surface area contributed by atoms with Gasteiger partial charge < -0.3 is 20.1 Å². The highest BCUT2D eigenvalue weighted by Crippen LogP contribution is 2.28. The number of hydrogen-bond acceptors (Lipinski definition) is 5. The van der Waals surface area contributed by atoms with Crippen molar-refractivity contribution in [2.45, 2.75) is 33.3 Å². The number of rotatable bonds is 7. The summed E-state index contributed by atoms with van der Waals surface area (Å²) in [5.74, 6) is -0.644. The minimum absolute atomic E-state index is 0.321. The first-order valence-corrected chi connectivity index (χ1v) is 9.86. The molecule has 0 aliphatic carbocycles. The minimum atomic E-state index is -0.696. The van der Waals surface area contributed by atoms with Crippen LogP contribution in [0.15, 0.2) is 48.5 Å². The second kappa shape index (κ2) is 10.5. The summed E-state index contributed by atoms with van der Waals surface area (Å²) < 4.78 is 10.7. The van der Waals surface area contributed by atoms with Gasteiger partial charge in [-0.3, -0.25) is 14.5 Å². The molecule has 0 heterocycles. The molecule has 0 radical (unpaired) electrons. The van der Waals surface area contributed by atoms with Crippen molar-refractivity contribution < 1.29 is 23.9 Å². The van der Waals surface area contributed by atoms with Crippen molar-refractivity contribution in [1.82, 2.24) is 5.32 Å². The summed E-state index contributed by atoms with van der Waals surface area (Å²) in [6.45, 7) is 6.51. The quantitative estimate of drug-likeness (QED) is 0.659. The minimum Gasteiger partial charge on any atom is -0.495 e. The normalized spacial score (nSPS) is 10.7. The highest BCUT2D eigenvalue weighted by Gasteiger charge is 2.25. The van der Waals surface area contributed by atoms with Crippen LogP contribution in [-0.2, 0) is 14.3 Å². The Morgan fingerprint density at radius 2 is 1.74 bits per heavy atom. The van der Waals surface area contributed by atoms with Crippen LogP contribution in [0.4, 0.5) is 16.2 Å². The molecule has 2 N–H and O–H groups in total. The number of aryl methyl sites for hydroxylation is 1. The van der Waals surface area contributed by atoms with E-state index in [0.717, 1.165) is 5.56 Å². The van der Waals surface area contributed by atoms with E-state index < -0.39 is 23.5 Å². The van der Waals surface area contributed by atoms with Crippen LogP contribution in [0.25, 0.3) is 0 Å². The first-order chi connectivity index (χ1) is 14.6. The molecule has 31 heavy (non-hydrogen) atoms. The van der Waals surface area contributed by atoms with Crippen LogP contribution in [0.3, 0.4) is 0 Å². The molecule has 0 fully saturated rings. The van der Waals surface area contributed by atoms with Gasteiger partial charge in [0.05, 0.1) is 19.3 Å². The third-order valence-electron chi connectivity index (χ3n) is 4.06. The van der Waals surface area contributed by atoms with Gasteiger partial charge in [-0.2, -0.15) is 0 Å². The third-order valence-corrected chi connectivity index (χ3v) is 4.06. The molecule has 2 aromatic carbocycles. The smallest absolute Gasteiger partial charge is 0.326 e. The lowest BCUT2D eigenvalue weighted by Gasteiger charge is -2.26. The predicted molar refractivity (Wildman–Crippen MR) is 119 cm³/mol. The first-order valence-electron chi connectivity index (χ1n) is 9.86. The maximum Gasteiger partial charge on any atom is 0.326 e. The molecule has 8 heteroatoms. The predicted octanol–water partition coefficient (Wildman–Crippen LogP) is 3.50. The zero-order chi connectivity index (χ0) is 23.0. The Hall–Kier alpha value is -3.55. The average molecular weight is 428 g/mol. The molecule has 0 saturated carbocycles. The van der Waals surface area contributed by atoms with Crippen molar-refractivity contribution in [3.05, 3.63) is 54.1 Å². The van der Waals surface area contributed by atoms with Crippen LogP contribution in [0, 0.1) is 6.92 Å². The standard InChI is InChI=1S/C23H29N3O5/c1-16-9-8-10-17(13-16)25-22(29)24-14-20(27)26(15-21(28)31-23(2,3)4)18-11-6-7-12-19(18)30-5/h6-13H,14-15H2,1-5H3,(H2,24,25,29). The van der Waals surface area contributed by atoms with Crippen LogP contribution in [-0.4, -0.2) is 43.7 Å². The van der Waals surface area contributed by atoms with Gasteiger partial charge in [0.1, 0.15) is 17.9 Å². The van der Waals surface area contributed by atoms with E-state index in [0.29, 0.717) is 17.1 Å². The number of nitrogens with zero attached hydrogens (tertiary/aromatic N) is 1. The number of hydrogen-bond donors (Lipinski definition) is 2. The number of methoxy groups -OCH3 is 1. The molecule has 8 nitrogen and oxygen atoms in total. The summed E-state index contributed by atoms with van der Waals surface area (Å²) in [6.07, 6.45) is 0. The van der Waals surface area contributed by atoms with Crippen LogP contribution >= 0.6 is 0 Å². The Morgan fingerprint density at radius 1 is 1.03 bits per heavy atom. The Kier molecular flexibility index (Phi) is 8.01. The van der Waals surface area contributed by atoms with E-state index in [1.165, 1.54) is 12.0 Å². The van der Waals surface area contributed by atoms with Crippen molar-refractivity contribution in [1.29, 1.82) is 0 Å². The van der Waals surface area contributed by atoms with Gasteiger partial charge >= 0.3 is 12.0 Å². The Labute approximate surface area is 182 Å². The fourth-order valence-electron chi connectivity index (χ4n) is 2.81. The number of amides is 3. The van der Waals surface area contributed by atoms with E-state index in [-0.39, 0.29) is 13.1 Å². The van der Waals surface area contributed by atoms with Gasteiger partial charge in [0, 0.05) is 5.69 Å². The second-order valence-corrected chi connectivity index (χ2v) is 7.92. The number of nitrogens with one attached hydrogen (secondary N) is 2. The maximum atomic E-state index is 12.9. The van der Waals surface area contributed by atoms with Crippen molar-refractivity contribution in [3.8, 4) is 5.75 Å². The summed E-state index contributed by atoms with van der Waals surface area (Å²) in [5, 5.41) is 5.20. The molecule has 0 spiro atoms. The molecule has 2 aromatic rings. The Balaban J connectivity index is 2.12. The summed E-state index contributed by atoms with van der Waals surface area (Å²) in [6, 6.07) is 13.6. The zero-order valence-electron chi connectivity index (χ0n) is 18.5. The molecule has 0 saturated heterocycles. The second-order valence-electron chi connectivity index (χ2n) is 7.92. The number of ether oxygens (including phenoxy) is 2. The molecular formula is C23H29N3O5. The Bertz CT molecular complexity index is 937. The van der Waals surface area contributed by atoms with Crippen LogP contribution in [0.1, 0.15) is 26.3 Å². The van der Waals surface area contributed by atoms with Gasteiger partial charge in [0.15, 0.2) is 0 Å². The number of para-hydroxylation sites is 2. The van der Waals surface area contributed by atoms with Gasteiger partial charge in [-0.25, -0.2) is 4.79 Å². The molecule has 0 bridgehead atoms. The van der Waals surface area contributed by atoms with Crippen molar-refractivity contribution in [3.63, 3.8) is 0 Å².